The summed E-state index contributed by atoms with van der Waals surface area (Å²) >= 11 is 1.58. The zero-order valence-electron chi connectivity index (χ0n) is 14.1. The first-order chi connectivity index (χ1) is 12.3. The van der Waals surface area contributed by atoms with Crippen LogP contribution in [0.4, 0.5) is 0 Å². The summed E-state index contributed by atoms with van der Waals surface area (Å²) in [4.78, 5) is 12.7. The molecule has 7 nitrogen and oxygen atoms in total. The van der Waals surface area contributed by atoms with Gasteiger partial charge in [0.25, 0.3) is 0 Å². The Labute approximate surface area is 153 Å². The van der Waals surface area contributed by atoms with Crippen LogP contribution in [-0.4, -0.2) is 24.6 Å². The number of aromatic nitrogens is 1. The summed E-state index contributed by atoms with van der Waals surface area (Å²) < 4.78 is 34.2. The molecule has 138 valence electrons. The molecule has 4 rings (SSSR count). The molecule has 2 heterocycles. The van der Waals surface area contributed by atoms with Crippen molar-refractivity contribution in [3.05, 3.63) is 50.6 Å². The molecule has 9 heteroatoms. The lowest BCUT2D eigenvalue weighted by molar-refractivity contribution is 0.0252. The number of benzene rings is 1. The quantitative estimate of drug-likeness (QED) is 0.701. The summed E-state index contributed by atoms with van der Waals surface area (Å²) in [6, 6.07) is 6.09. The van der Waals surface area contributed by atoms with Crippen LogP contribution in [0, 0.1) is 0 Å². The number of aryl methyl sites for hydroxylation is 2. The van der Waals surface area contributed by atoms with Gasteiger partial charge in [0.2, 0.25) is 10.0 Å². The number of hydrogen-bond donors (Lipinski definition) is 2. The van der Waals surface area contributed by atoms with E-state index in [0.29, 0.717) is 17.5 Å². The number of nitrogens with zero attached hydrogens (tertiary/aromatic N) is 1. The highest BCUT2D eigenvalue weighted by Gasteiger charge is 2.36. The average Bonchev–Trinajstić information content (AvgIpc) is 3.20. The van der Waals surface area contributed by atoms with E-state index in [4.69, 9.17) is 4.42 Å². The molecule has 1 aliphatic carbocycles. The third kappa shape index (κ3) is 2.81. The number of rotatable bonds is 4. The van der Waals surface area contributed by atoms with E-state index in [9.17, 15) is 18.3 Å². The van der Waals surface area contributed by atoms with Crippen LogP contribution < -0.4 is 10.5 Å². The van der Waals surface area contributed by atoms with E-state index in [1.54, 1.807) is 11.3 Å². The highest BCUT2D eigenvalue weighted by molar-refractivity contribution is 7.89. The maximum absolute atomic E-state index is 12.7. The van der Waals surface area contributed by atoms with Gasteiger partial charge in [0.05, 0.1) is 10.4 Å². The molecule has 1 aromatic carbocycles. The van der Waals surface area contributed by atoms with Crippen molar-refractivity contribution in [3.63, 3.8) is 0 Å². The fourth-order valence-electron chi connectivity index (χ4n) is 3.38. The van der Waals surface area contributed by atoms with Gasteiger partial charge in [-0.1, -0.05) is 0 Å². The molecule has 3 aromatic rings. The zero-order chi connectivity index (χ0) is 18.5. The van der Waals surface area contributed by atoms with Crippen LogP contribution in [0.3, 0.4) is 0 Å². The van der Waals surface area contributed by atoms with Gasteiger partial charge in [-0.2, -0.15) is 0 Å². The normalized spacial score (nSPS) is 20.4. The van der Waals surface area contributed by atoms with Crippen molar-refractivity contribution < 1.29 is 17.9 Å². The Balaban J connectivity index is 1.62. The predicted octanol–water partition coefficient (Wildman–Crippen LogP) is 1.70. The molecule has 0 bridgehead atoms. The third-order valence-electron chi connectivity index (χ3n) is 4.87. The Kier molecular flexibility index (Phi) is 4.07. The fourth-order valence-corrected chi connectivity index (χ4v) is 5.50. The van der Waals surface area contributed by atoms with Gasteiger partial charge in [-0.25, -0.2) is 17.9 Å². The van der Waals surface area contributed by atoms with Crippen LogP contribution in [0.1, 0.15) is 23.3 Å². The molecular weight excluding hydrogens is 376 g/mol. The molecule has 0 amide bonds. The molecule has 26 heavy (non-hydrogen) atoms. The Morgan fingerprint density at radius 2 is 2.19 bits per heavy atom. The highest BCUT2D eigenvalue weighted by atomic mass is 32.2. The van der Waals surface area contributed by atoms with Crippen molar-refractivity contribution in [2.45, 2.75) is 29.8 Å². The van der Waals surface area contributed by atoms with Crippen LogP contribution in [-0.2, 0) is 29.1 Å². The van der Waals surface area contributed by atoms with E-state index >= 15 is 0 Å². The fraction of sp³-hybridized carbons (Fsp3) is 0.353. The topological polar surface area (TPSA) is 102 Å². The summed E-state index contributed by atoms with van der Waals surface area (Å²) in [6.07, 6.45) is 2.23. The first-order valence-corrected chi connectivity index (χ1v) is 10.5. The number of aliphatic hydroxyl groups is 1. The van der Waals surface area contributed by atoms with Gasteiger partial charge >= 0.3 is 5.76 Å². The van der Waals surface area contributed by atoms with Gasteiger partial charge < -0.3 is 9.52 Å². The number of oxazole rings is 1. The molecule has 2 aromatic heterocycles. The van der Waals surface area contributed by atoms with Crippen LogP contribution in [0.15, 0.2) is 43.8 Å². The van der Waals surface area contributed by atoms with Gasteiger partial charge in [0, 0.05) is 18.5 Å². The standard InChI is InChI=1S/C17H18N2O5S2/c1-19-13-9-11(4-5-14(13)24-16(19)20)26(22,23)18-10-17(21)7-2-3-15-12(17)6-8-25-15/h4-6,8-9,18,21H,2-3,7,10H2,1H3. The van der Waals surface area contributed by atoms with E-state index in [2.05, 4.69) is 4.72 Å². The number of thiophene rings is 1. The summed E-state index contributed by atoms with van der Waals surface area (Å²) in [5, 5.41) is 12.9. The Hall–Kier alpha value is -1.94. The summed E-state index contributed by atoms with van der Waals surface area (Å²) in [5.74, 6) is -0.552. The Morgan fingerprint density at radius 1 is 1.38 bits per heavy atom. The monoisotopic (exact) mass is 394 g/mol. The van der Waals surface area contributed by atoms with Crippen LogP contribution in [0.5, 0.6) is 0 Å². The summed E-state index contributed by atoms with van der Waals surface area (Å²) in [5.41, 5.74) is 0.330. The largest absolute Gasteiger partial charge is 0.419 e. The second kappa shape index (κ2) is 6.05. The number of fused-ring (bicyclic) bond motifs is 2. The van der Waals surface area contributed by atoms with Crippen molar-refractivity contribution in [1.82, 2.24) is 9.29 Å². The first-order valence-electron chi connectivity index (χ1n) is 8.19. The van der Waals surface area contributed by atoms with E-state index in [1.807, 2.05) is 11.4 Å². The minimum Gasteiger partial charge on any atom is -0.408 e. The molecule has 2 N–H and O–H groups in total. The average molecular weight is 394 g/mol. The molecular formula is C17H18N2O5S2. The zero-order valence-corrected chi connectivity index (χ0v) is 15.7. The van der Waals surface area contributed by atoms with Gasteiger partial charge in [-0.3, -0.25) is 4.57 Å². The van der Waals surface area contributed by atoms with Crippen LogP contribution >= 0.6 is 11.3 Å². The lowest BCUT2D eigenvalue weighted by atomic mass is 9.83. The number of sulfonamides is 1. The van der Waals surface area contributed by atoms with Gasteiger partial charge in [-0.05, 0) is 54.5 Å². The maximum Gasteiger partial charge on any atom is 0.419 e. The Bertz CT molecular complexity index is 1140. The first kappa shape index (κ1) is 17.5. The minimum atomic E-state index is -3.85. The van der Waals surface area contributed by atoms with E-state index < -0.39 is 21.4 Å². The van der Waals surface area contributed by atoms with Crippen molar-refractivity contribution in [1.29, 1.82) is 0 Å². The van der Waals surface area contributed by atoms with Gasteiger partial charge in [0.1, 0.15) is 5.60 Å². The second-order valence-electron chi connectivity index (χ2n) is 6.52. The molecule has 0 spiro atoms. The van der Waals surface area contributed by atoms with E-state index in [1.165, 1.54) is 29.8 Å². The predicted molar refractivity (Wildman–Crippen MR) is 97.8 cm³/mol. The molecule has 0 fully saturated rings. The lowest BCUT2D eigenvalue weighted by Gasteiger charge is -2.32. The van der Waals surface area contributed by atoms with Crippen molar-refractivity contribution in [2.24, 2.45) is 7.05 Å². The molecule has 1 unspecified atom stereocenters. The van der Waals surface area contributed by atoms with E-state index in [-0.39, 0.29) is 11.4 Å². The van der Waals surface area contributed by atoms with Crippen LogP contribution in [0.25, 0.3) is 11.1 Å². The molecule has 0 saturated heterocycles. The highest BCUT2D eigenvalue weighted by Crippen LogP contribution is 2.38. The third-order valence-corrected chi connectivity index (χ3v) is 7.25. The molecule has 1 atom stereocenters. The Morgan fingerprint density at radius 3 is 3.00 bits per heavy atom. The maximum atomic E-state index is 12.7. The van der Waals surface area contributed by atoms with Gasteiger partial charge in [0.15, 0.2) is 5.58 Å². The molecule has 0 radical (unpaired) electrons. The number of nitrogens with one attached hydrogen (secondary N) is 1. The van der Waals surface area contributed by atoms with Crippen molar-refractivity contribution in [3.8, 4) is 0 Å². The summed E-state index contributed by atoms with van der Waals surface area (Å²) in [6.45, 7) is -0.0958. The number of hydrogen-bond acceptors (Lipinski definition) is 6. The molecule has 1 aliphatic rings. The lowest BCUT2D eigenvalue weighted by Crippen LogP contribution is -2.42. The van der Waals surface area contributed by atoms with Crippen LogP contribution in [0.2, 0.25) is 0 Å². The minimum absolute atomic E-state index is 0.0198. The summed E-state index contributed by atoms with van der Waals surface area (Å²) in [7, 11) is -2.33. The second-order valence-corrected chi connectivity index (χ2v) is 9.29. The molecule has 0 aliphatic heterocycles. The van der Waals surface area contributed by atoms with Gasteiger partial charge in [-0.15, -0.1) is 11.3 Å². The smallest absolute Gasteiger partial charge is 0.408 e. The van der Waals surface area contributed by atoms with E-state index in [0.717, 1.165) is 23.3 Å². The van der Waals surface area contributed by atoms with Crippen molar-refractivity contribution >= 4 is 32.5 Å². The SMILES string of the molecule is Cn1c(=O)oc2ccc(S(=O)(=O)NCC3(O)CCCc4sccc43)cc21. The van der Waals surface area contributed by atoms with Crippen molar-refractivity contribution in [2.75, 3.05) is 6.54 Å². The molecule has 0 saturated carbocycles.